The molecule has 9 nitrogen and oxygen atoms in total. The lowest BCUT2D eigenvalue weighted by Crippen LogP contribution is -2.21. The Kier molecular flexibility index (Phi) is 7.30. The summed E-state index contributed by atoms with van der Waals surface area (Å²) in [6.45, 7) is 0. The number of pyridine rings is 1. The lowest BCUT2D eigenvalue weighted by atomic mass is 10.0. The highest BCUT2D eigenvalue weighted by molar-refractivity contribution is 6.04. The minimum atomic E-state index is -4.70. The Labute approximate surface area is 232 Å². The van der Waals surface area contributed by atoms with Crippen LogP contribution in [-0.4, -0.2) is 55.8 Å². The van der Waals surface area contributed by atoms with Crippen LogP contribution in [-0.2, 0) is 6.18 Å². The van der Waals surface area contributed by atoms with E-state index in [1.807, 2.05) is 6.07 Å². The third-order valence-corrected chi connectivity index (χ3v) is 6.06. The number of nitrogens with zero attached hydrogens (tertiary/aromatic N) is 6. The van der Waals surface area contributed by atoms with Gasteiger partial charge in [0.05, 0.1) is 5.69 Å². The van der Waals surface area contributed by atoms with Gasteiger partial charge in [0.25, 0.3) is 11.8 Å². The van der Waals surface area contributed by atoms with Gasteiger partial charge < -0.3 is 10.2 Å². The first-order chi connectivity index (χ1) is 19.6. The van der Waals surface area contributed by atoms with Crippen molar-refractivity contribution in [3.8, 4) is 28.2 Å². The van der Waals surface area contributed by atoms with Crippen molar-refractivity contribution in [2.24, 2.45) is 0 Å². The summed E-state index contributed by atoms with van der Waals surface area (Å²) in [5.41, 5.74) is 1.89. The van der Waals surface area contributed by atoms with Crippen LogP contribution in [0.1, 0.15) is 26.4 Å². The van der Waals surface area contributed by atoms with Crippen molar-refractivity contribution in [2.75, 3.05) is 19.4 Å². The summed E-state index contributed by atoms with van der Waals surface area (Å²) in [4.78, 5) is 30.5. The topological polar surface area (TPSA) is 106 Å². The molecular formula is C29H22F3N7O2. The molecule has 2 amide bonds. The number of rotatable bonds is 6. The Bertz CT molecular complexity index is 1700. The van der Waals surface area contributed by atoms with Gasteiger partial charge >= 0.3 is 6.18 Å². The first-order valence-corrected chi connectivity index (χ1v) is 12.3. The molecule has 0 bridgehead atoms. The maximum Gasteiger partial charge on any atom is 0.433 e. The standard InChI is InChI=1S/C29H22F3N7O2/c1-38(2)28(41)19-10-8-18(9-11-19)20-5-3-6-21(15-20)27(40)34-25-12-13-26(36-35-25)39-24(29(30,31)32)16-23(37-39)22-7-4-14-33-17-22/h3-17H,1-2H3,(H,34,35,40). The van der Waals surface area contributed by atoms with Gasteiger partial charge in [0.15, 0.2) is 17.3 Å². The molecule has 0 fully saturated rings. The van der Waals surface area contributed by atoms with Gasteiger partial charge in [0, 0.05) is 43.2 Å². The molecule has 0 saturated heterocycles. The van der Waals surface area contributed by atoms with Crippen LogP contribution in [0.4, 0.5) is 19.0 Å². The zero-order valence-electron chi connectivity index (χ0n) is 21.8. The maximum atomic E-state index is 13.7. The summed E-state index contributed by atoms with van der Waals surface area (Å²) in [5.74, 6) is -0.734. The second-order valence-electron chi connectivity index (χ2n) is 9.15. The van der Waals surface area contributed by atoms with E-state index in [0.29, 0.717) is 21.4 Å². The van der Waals surface area contributed by atoms with Crippen LogP contribution in [0.25, 0.3) is 28.2 Å². The summed E-state index contributed by atoms with van der Waals surface area (Å²) in [6, 6.07) is 20.6. The largest absolute Gasteiger partial charge is 0.433 e. The monoisotopic (exact) mass is 557 g/mol. The molecule has 41 heavy (non-hydrogen) atoms. The van der Waals surface area contributed by atoms with E-state index < -0.39 is 17.8 Å². The summed E-state index contributed by atoms with van der Waals surface area (Å²) < 4.78 is 41.9. The van der Waals surface area contributed by atoms with E-state index in [2.05, 4.69) is 25.6 Å². The first-order valence-electron chi connectivity index (χ1n) is 12.3. The molecule has 2 aromatic carbocycles. The number of aromatic nitrogens is 5. The number of anilines is 1. The molecule has 0 unspecified atom stereocenters. The molecule has 0 radical (unpaired) electrons. The first kappa shape index (κ1) is 27.2. The average molecular weight is 558 g/mol. The fraction of sp³-hybridized carbons (Fsp3) is 0.103. The van der Waals surface area contributed by atoms with Crippen molar-refractivity contribution in [1.29, 1.82) is 0 Å². The third kappa shape index (κ3) is 5.96. The van der Waals surface area contributed by atoms with Gasteiger partial charge in [-0.25, -0.2) is 4.68 Å². The van der Waals surface area contributed by atoms with Gasteiger partial charge in [-0.1, -0.05) is 24.3 Å². The van der Waals surface area contributed by atoms with Crippen LogP contribution in [0, 0.1) is 0 Å². The van der Waals surface area contributed by atoms with Gasteiger partial charge in [0.2, 0.25) is 0 Å². The van der Waals surface area contributed by atoms with Gasteiger partial charge in [-0.3, -0.25) is 14.6 Å². The number of alkyl halides is 3. The van der Waals surface area contributed by atoms with E-state index in [0.717, 1.165) is 17.2 Å². The van der Waals surface area contributed by atoms with Crippen molar-refractivity contribution >= 4 is 17.6 Å². The Balaban J connectivity index is 1.34. The zero-order chi connectivity index (χ0) is 29.1. The Morgan fingerprint density at radius 1 is 0.829 bits per heavy atom. The molecule has 0 aliphatic heterocycles. The lowest BCUT2D eigenvalue weighted by molar-refractivity contribution is -0.142. The van der Waals surface area contributed by atoms with E-state index in [9.17, 15) is 22.8 Å². The molecule has 3 heterocycles. The Morgan fingerprint density at radius 3 is 2.22 bits per heavy atom. The zero-order valence-corrected chi connectivity index (χ0v) is 21.8. The number of hydrogen-bond donors (Lipinski definition) is 1. The summed E-state index contributed by atoms with van der Waals surface area (Å²) in [6.07, 6.45) is -1.78. The molecular weight excluding hydrogens is 535 g/mol. The van der Waals surface area contributed by atoms with E-state index in [4.69, 9.17) is 0 Å². The van der Waals surface area contributed by atoms with Crippen molar-refractivity contribution in [3.05, 3.63) is 108 Å². The average Bonchev–Trinajstić information content (AvgIpc) is 3.44. The van der Waals surface area contributed by atoms with Crippen LogP contribution in [0.3, 0.4) is 0 Å². The smallest absolute Gasteiger partial charge is 0.345 e. The highest BCUT2D eigenvalue weighted by atomic mass is 19.4. The SMILES string of the molecule is CN(C)C(=O)c1ccc(-c2cccc(C(=O)Nc3ccc(-n4nc(-c5cccnc5)cc4C(F)(F)F)nn3)c2)cc1. The molecule has 0 spiro atoms. The fourth-order valence-electron chi connectivity index (χ4n) is 4.01. The van der Waals surface area contributed by atoms with Crippen molar-refractivity contribution in [3.63, 3.8) is 0 Å². The Hall–Kier alpha value is -5.39. The number of nitrogens with one attached hydrogen (secondary N) is 1. The van der Waals surface area contributed by atoms with Crippen LogP contribution >= 0.6 is 0 Å². The van der Waals surface area contributed by atoms with Crippen LogP contribution in [0.2, 0.25) is 0 Å². The van der Waals surface area contributed by atoms with Gasteiger partial charge in [0.1, 0.15) is 0 Å². The van der Waals surface area contributed by atoms with Crippen molar-refractivity contribution in [1.82, 2.24) is 29.9 Å². The minimum Gasteiger partial charge on any atom is -0.345 e. The molecule has 0 saturated carbocycles. The maximum absolute atomic E-state index is 13.7. The molecule has 0 aliphatic carbocycles. The van der Waals surface area contributed by atoms with Crippen molar-refractivity contribution in [2.45, 2.75) is 6.18 Å². The molecule has 0 aliphatic rings. The van der Waals surface area contributed by atoms with E-state index >= 15 is 0 Å². The van der Waals surface area contributed by atoms with E-state index in [1.165, 1.54) is 29.4 Å². The normalized spacial score (nSPS) is 11.2. The fourth-order valence-corrected chi connectivity index (χ4v) is 4.01. The molecule has 12 heteroatoms. The number of hydrogen-bond acceptors (Lipinski definition) is 6. The third-order valence-electron chi connectivity index (χ3n) is 6.06. The summed E-state index contributed by atoms with van der Waals surface area (Å²) >= 11 is 0. The number of amides is 2. The van der Waals surface area contributed by atoms with E-state index in [1.54, 1.807) is 68.7 Å². The molecule has 0 atom stereocenters. The molecule has 1 N–H and O–H groups in total. The lowest BCUT2D eigenvalue weighted by Gasteiger charge is -2.11. The predicted octanol–water partition coefficient (Wildman–Crippen LogP) is 5.36. The van der Waals surface area contributed by atoms with Gasteiger partial charge in [-0.05, 0) is 65.7 Å². The van der Waals surface area contributed by atoms with E-state index in [-0.39, 0.29) is 23.2 Å². The van der Waals surface area contributed by atoms with Gasteiger partial charge in [-0.15, -0.1) is 10.2 Å². The summed E-state index contributed by atoms with van der Waals surface area (Å²) in [5, 5.41) is 14.4. The highest BCUT2D eigenvalue weighted by Crippen LogP contribution is 2.33. The van der Waals surface area contributed by atoms with Gasteiger partial charge in [-0.2, -0.15) is 18.3 Å². The number of benzene rings is 2. The van der Waals surface area contributed by atoms with Crippen LogP contribution in [0.15, 0.2) is 91.3 Å². The molecule has 3 aromatic heterocycles. The molecule has 206 valence electrons. The molecule has 5 rings (SSSR count). The predicted molar refractivity (Wildman–Crippen MR) is 145 cm³/mol. The molecule has 5 aromatic rings. The van der Waals surface area contributed by atoms with Crippen LogP contribution < -0.4 is 5.32 Å². The summed E-state index contributed by atoms with van der Waals surface area (Å²) in [7, 11) is 3.35. The highest BCUT2D eigenvalue weighted by Gasteiger charge is 2.37. The second-order valence-corrected chi connectivity index (χ2v) is 9.15. The Morgan fingerprint density at radius 2 is 1.59 bits per heavy atom. The number of carbonyl (C=O) groups is 2. The minimum absolute atomic E-state index is 0.0453. The number of halogens is 3. The second kappa shape index (κ2) is 11.0. The van der Waals surface area contributed by atoms with Crippen LogP contribution in [0.5, 0.6) is 0 Å². The quantitative estimate of drug-likeness (QED) is 0.301. The van der Waals surface area contributed by atoms with Crippen molar-refractivity contribution < 1.29 is 22.8 Å². The number of carbonyl (C=O) groups excluding carboxylic acids is 2.